The number of aromatic nitrogens is 4. The third kappa shape index (κ3) is 3.62. The van der Waals surface area contributed by atoms with E-state index >= 15 is 0 Å². The van der Waals surface area contributed by atoms with Crippen LogP contribution < -0.4 is 16.4 Å². The van der Waals surface area contributed by atoms with E-state index in [0.717, 1.165) is 64.1 Å². The summed E-state index contributed by atoms with van der Waals surface area (Å²) in [6, 6.07) is 4.09. The Morgan fingerprint density at radius 3 is 2.67 bits per heavy atom. The first-order chi connectivity index (χ1) is 17.3. The minimum Gasteiger partial charge on any atom is -0.382 e. The Bertz CT molecular complexity index is 1500. The van der Waals surface area contributed by atoms with Crippen LogP contribution in [0.5, 0.6) is 0 Å². The van der Waals surface area contributed by atoms with Gasteiger partial charge in [0.05, 0.1) is 15.6 Å². The van der Waals surface area contributed by atoms with E-state index in [1.54, 1.807) is 12.4 Å². The lowest BCUT2D eigenvalue weighted by Crippen LogP contribution is -2.45. The highest BCUT2D eigenvalue weighted by atomic mass is 35.5. The standard InChI is InChI=1S/C25H24ClF2N7S/c1-13-20(36-18-2-5-31-22(30)19(18)26)23-32-6-9-35(23)24(33-13)34-7-3-25(4-8-34)12-14-10-16(27)17(28)11-15(14)21(25)29/h2,5-6,9-11,21H,3-4,7-8,12,29H2,1H3,(H2,30,31)/t21-/m1/s1. The van der Waals surface area contributed by atoms with Crippen LogP contribution in [0, 0.1) is 24.0 Å². The number of fused-ring (bicyclic) bond motifs is 2. The third-order valence-corrected chi connectivity index (χ3v) is 9.26. The zero-order chi connectivity index (χ0) is 25.2. The van der Waals surface area contributed by atoms with Gasteiger partial charge < -0.3 is 16.4 Å². The number of benzene rings is 1. The molecule has 2 aliphatic rings. The van der Waals surface area contributed by atoms with Crippen LogP contribution in [0.3, 0.4) is 0 Å². The molecule has 1 aliphatic heterocycles. The second-order valence-electron chi connectivity index (χ2n) is 9.53. The van der Waals surface area contributed by atoms with Gasteiger partial charge >= 0.3 is 0 Å². The summed E-state index contributed by atoms with van der Waals surface area (Å²) >= 11 is 7.84. The summed E-state index contributed by atoms with van der Waals surface area (Å²) in [5.74, 6) is -0.565. The van der Waals surface area contributed by atoms with Crippen molar-refractivity contribution < 1.29 is 8.78 Å². The molecule has 4 heterocycles. The largest absolute Gasteiger partial charge is 0.382 e. The molecule has 1 spiro atoms. The minimum atomic E-state index is -0.838. The van der Waals surface area contributed by atoms with Crippen molar-refractivity contribution in [1.29, 1.82) is 0 Å². The van der Waals surface area contributed by atoms with Crippen LogP contribution in [-0.4, -0.2) is 32.4 Å². The number of halogens is 3. The van der Waals surface area contributed by atoms with Crippen LogP contribution in [-0.2, 0) is 6.42 Å². The second kappa shape index (κ2) is 8.57. The second-order valence-corrected chi connectivity index (χ2v) is 11.0. The molecule has 0 unspecified atom stereocenters. The van der Waals surface area contributed by atoms with Gasteiger partial charge in [-0.15, -0.1) is 0 Å². The van der Waals surface area contributed by atoms with Crippen molar-refractivity contribution in [3.63, 3.8) is 0 Å². The van der Waals surface area contributed by atoms with Crippen molar-refractivity contribution >= 4 is 40.8 Å². The maximum Gasteiger partial charge on any atom is 0.211 e. The summed E-state index contributed by atoms with van der Waals surface area (Å²) in [5.41, 5.74) is 15.4. The van der Waals surface area contributed by atoms with Gasteiger partial charge in [-0.05, 0) is 60.9 Å². The summed E-state index contributed by atoms with van der Waals surface area (Å²) < 4.78 is 29.7. The molecule has 4 N–H and O–H groups in total. The van der Waals surface area contributed by atoms with E-state index in [0.29, 0.717) is 11.4 Å². The van der Waals surface area contributed by atoms with Crippen LogP contribution in [0.1, 0.15) is 35.7 Å². The normalized spacial score (nSPS) is 18.8. The molecule has 1 fully saturated rings. The number of nitrogens with zero attached hydrogens (tertiary/aromatic N) is 5. The third-order valence-electron chi connectivity index (χ3n) is 7.51. The van der Waals surface area contributed by atoms with Gasteiger partial charge in [0.15, 0.2) is 17.3 Å². The van der Waals surface area contributed by atoms with E-state index in [1.165, 1.54) is 23.9 Å². The number of aryl methyl sites for hydroxylation is 1. The predicted molar refractivity (Wildman–Crippen MR) is 136 cm³/mol. The smallest absolute Gasteiger partial charge is 0.211 e. The average molecular weight is 528 g/mol. The number of hydrogen-bond donors (Lipinski definition) is 2. The van der Waals surface area contributed by atoms with Crippen molar-refractivity contribution in [3.8, 4) is 0 Å². The first kappa shape index (κ1) is 23.4. The van der Waals surface area contributed by atoms with E-state index in [9.17, 15) is 8.78 Å². The highest BCUT2D eigenvalue weighted by Crippen LogP contribution is 2.51. The van der Waals surface area contributed by atoms with E-state index < -0.39 is 11.6 Å². The number of hydrogen-bond acceptors (Lipinski definition) is 7. The molecule has 36 heavy (non-hydrogen) atoms. The van der Waals surface area contributed by atoms with E-state index in [4.69, 9.17) is 28.1 Å². The number of anilines is 2. The number of imidazole rings is 1. The first-order valence-electron chi connectivity index (χ1n) is 11.7. The Morgan fingerprint density at radius 2 is 1.89 bits per heavy atom. The molecule has 0 amide bonds. The first-order valence-corrected chi connectivity index (χ1v) is 12.9. The van der Waals surface area contributed by atoms with Gasteiger partial charge in [0.25, 0.3) is 0 Å². The van der Waals surface area contributed by atoms with Crippen LogP contribution in [0.15, 0.2) is 46.6 Å². The molecule has 186 valence electrons. The molecule has 0 radical (unpaired) electrons. The molecule has 0 saturated carbocycles. The molecule has 4 aromatic rings. The monoisotopic (exact) mass is 527 g/mol. The maximum atomic E-state index is 13.9. The molecule has 1 saturated heterocycles. The van der Waals surface area contributed by atoms with Crippen LogP contribution in [0.4, 0.5) is 20.5 Å². The summed E-state index contributed by atoms with van der Waals surface area (Å²) in [6.07, 6.45) is 7.53. The summed E-state index contributed by atoms with van der Waals surface area (Å²) in [5, 5.41) is 0.408. The van der Waals surface area contributed by atoms with E-state index in [1.807, 2.05) is 23.6 Å². The quantitative estimate of drug-likeness (QED) is 0.389. The van der Waals surface area contributed by atoms with Gasteiger partial charge in [-0.1, -0.05) is 23.4 Å². The molecule has 1 aromatic carbocycles. The lowest BCUT2D eigenvalue weighted by atomic mass is 9.73. The predicted octanol–water partition coefficient (Wildman–Crippen LogP) is 4.94. The van der Waals surface area contributed by atoms with Crippen molar-refractivity contribution in [2.75, 3.05) is 23.7 Å². The van der Waals surface area contributed by atoms with Gasteiger partial charge in [-0.25, -0.2) is 23.7 Å². The Hall–Kier alpha value is -2.95. The van der Waals surface area contributed by atoms with Crippen LogP contribution >= 0.6 is 23.4 Å². The van der Waals surface area contributed by atoms with Gasteiger partial charge in [0.2, 0.25) is 5.95 Å². The summed E-state index contributed by atoms with van der Waals surface area (Å²) in [4.78, 5) is 17.5. The molecule has 6 rings (SSSR count). The number of nitrogen functional groups attached to an aromatic ring is 1. The zero-order valence-electron chi connectivity index (χ0n) is 19.5. The van der Waals surface area contributed by atoms with Crippen LogP contribution in [0.2, 0.25) is 5.02 Å². The molecule has 7 nitrogen and oxygen atoms in total. The number of piperidine rings is 1. The van der Waals surface area contributed by atoms with Gasteiger partial charge in [0.1, 0.15) is 5.82 Å². The summed E-state index contributed by atoms with van der Waals surface area (Å²) in [7, 11) is 0. The number of nitrogens with two attached hydrogens (primary N) is 2. The lowest BCUT2D eigenvalue weighted by Gasteiger charge is -2.42. The maximum absolute atomic E-state index is 13.9. The zero-order valence-corrected chi connectivity index (χ0v) is 21.1. The SMILES string of the molecule is Cc1nc(N2CCC3(CC2)Cc2cc(F)c(F)cc2[C@H]3N)n2ccnc2c1Sc1ccnc(N)c1Cl. The molecular formula is C25H24ClF2N7S. The summed E-state index contributed by atoms with van der Waals surface area (Å²) in [6.45, 7) is 3.41. The van der Waals surface area contributed by atoms with Gasteiger partial charge in [-0.2, -0.15) is 0 Å². The Balaban J connectivity index is 1.28. The van der Waals surface area contributed by atoms with Crippen LogP contribution in [0.25, 0.3) is 5.65 Å². The lowest BCUT2D eigenvalue weighted by molar-refractivity contribution is 0.186. The van der Waals surface area contributed by atoms with Crippen molar-refractivity contribution in [2.45, 2.75) is 42.0 Å². The van der Waals surface area contributed by atoms with Gasteiger partial charge in [0, 0.05) is 42.6 Å². The molecule has 11 heteroatoms. The Kier molecular flexibility index (Phi) is 5.58. The molecule has 3 aromatic heterocycles. The van der Waals surface area contributed by atoms with E-state index in [-0.39, 0.29) is 17.3 Å². The molecule has 1 aliphatic carbocycles. The molecule has 1 atom stereocenters. The van der Waals surface area contributed by atoms with Crippen molar-refractivity contribution in [2.24, 2.45) is 11.1 Å². The highest BCUT2D eigenvalue weighted by molar-refractivity contribution is 7.99. The fourth-order valence-electron chi connectivity index (χ4n) is 5.53. The van der Waals surface area contributed by atoms with Crippen molar-refractivity contribution in [3.05, 3.63) is 70.3 Å². The topological polar surface area (TPSA) is 98.4 Å². The average Bonchev–Trinajstić information content (AvgIpc) is 3.44. The Morgan fingerprint density at radius 1 is 1.14 bits per heavy atom. The minimum absolute atomic E-state index is 0.212. The molecular weight excluding hydrogens is 504 g/mol. The van der Waals surface area contributed by atoms with E-state index in [2.05, 4.69) is 14.9 Å². The Labute approximate surface area is 215 Å². The molecule has 0 bridgehead atoms. The van der Waals surface area contributed by atoms with Gasteiger partial charge in [-0.3, -0.25) is 4.40 Å². The fraction of sp³-hybridized carbons (Fsp3) is 0.320. The fourth-order valence-corrected chi connectivity index (χ4v) is 6.73. The highest BCUT2D eigenvalue weighted by Gasteiger charge is 2.46. The van der Waals surface area contributed by atoms with Crippen molar-refractivity contribution in [1.82, 2.24) is 19.4 Å². The number of rotatable bonds is 3. The number of pyridine rings is 1.